The van der Waals surface area contributed by atoms with Crippen molar-refractivity contribution in [3.05, 3.63) is 46.7 Å². The number of nitriles is 1. The molecule has 0 unspecified atom stereocenters. The number of nitrogens with one attached hydrogen (secondary N) is 1. The van der Waals surface area contributed by atoms with E-state index in [2.05, 4.69) is 16.4 Å². The summed E-state index contributed by atoms with van der Waals surface area (Å²) in [5, 5.41) is 17.4. The summed E-state index contributed by atoms with van der Waals surface area (Å²) in [6.07, 6.45) is 0. The number of hydrogen-bond donors (Lipinski definition) is 2. The van der Waals surface area contributed by atoms with Gasteiger partial charge in [-0.3, -0.25) is 0 Å². The summed E-state index contributed by atoms with van der Waals surface area (Å²) < 4.78 is 0. The van der Waals surface area contributed by atoms with Crippen LogP contribution < -0.4 is 11.1 Å². The van der Waals surface area contributed by atoms with E-state index in [1.165, 1.54) is 0 Å². The van der Waals surface area contributed by atoms with Crippen molar-refractivity contribution >= 4 is 39.4 Å². The molecule has 0 saturated heterocycles. The lowest BCUT2D eigenvalue weighted by Gasteiger charge is -2.11. The van der Waals surface area contributed by atoms with Crippen molar-refractivity contribution in [3.63, 3.8) is 0 Å². The maximum Gasteiger partial charge on any atom is 0.144 e. The molecule has 0 spiro atoms. The summed E-state index contributed by atoms with van der Waals surface area (Å²) in [5.74, 6) is 0.249. The first-order chi connectivity index (χ1) is 9.29. The van der Waals surface area contributed by atoms with E-state index in [0.29, 0.717) is 11.3 Å². The van der Waals surface area contributed by atoms with Crippen LogP contribution in [0.4, 0.5) is 17.2 Å². The summed E-state index contributed by atoms with van der Waals surface area (Å²) in [5.41, 5.74) is 8.66. The molecule has 4 nitrogen and oxygen atoms in total. The Hall–Kier alpha value is -2.58. The minimum Gasteiger partial charge on any atom is -0.383 e. The second-order valence-electron chi connectivity index (χ2n) is 4.01. The number of rotatable bonds is 2. The van der Waals surface area contributed by atoms with Crippen molar-refractivity contribution < 1.29 is 0 Å². The molecule has 0 aliphatic carbocycles. The Balaban J connectivity index is 2.27. The van der Waals surface area contributed by atoms with Gasteiger partial charge in [-0.25, -0.2) is 4.98 Å². The monoisotopic (exact) mass is 266 g/mol. The number of hydrogen-bond acceptors (Lipinski definition) is 5. The van der Waals surface area contributed by atoms with E-state index >= 15 is 0 Å². The van der Waals surface area contributed by atoms with Gasteiger partial charge in [-0.05, 0) is 17.5 Å². The maximum atomic E-state index is 9.28. The fourth-order valence-corrected chi connectivity index (χ4v) is 2.54. The summed E-state index contributed by atoms with van der Waals surface area (Å²) in [7, 11) is 0. The third kappa shape index (κ3) is 1.98. The zero-order valence-corrected chi connectivity index (χ0v) is 10.7. The molecule has 0 saturated carbocycles. The Labute approximate surface area is 114 Å². The van der Waals surface area contributed by atoms with E-state index < -0.39 is 0 Å². The fraction of sp³-hybridized carbons (Fsp3) is 0. The first kappa shape index (κ1) is 11.5. The SMILES string of the molecule is N#Cc1c(N)nc2ccccc2c1Nc1ccsc1. The molecule has 5 heteroatoms. The minimum atomic E-state index is 0.249. The molecule has 0 atom stereocenters. The van der Waals surface area contributed by atoms with Crippen LogP contribution in [0.25, 0.3) is 10.9 Å². The van der Waals surface area contributed by atoms with Crippen molar-refractivity contribution in [2.75, 3.05) is 11.1 Å². The number of fused-ring (bicyclic) bond motifs is 1. The van der Waals surface area contributed by atoms with Gasteiger partial charge in [-0.15, -0.1) is 0 Å². The average molecular weight is 266 g/mol. The van der Waals surface area contributed by atoms with Crippen LogP contribution in [0.2, 0.25) is 0 Å². The largest absolute Gasteiger partial charge is 0.383 e. The molecular weight excluding hydrogens is 256 g/mol. The van der Waals surface area contributed by atoms with Crippen molar-refractivity contribution in [3.8, 4) is 6.07 Å². The number of benzene rings is 1. The van der Waals surface area contributed by atoms with E-state index in [-0.39, 0.29) is 5.82 Å². The van der Waals surface area contributed by atoms with Crippen LogP contribution in [0.15, 0.2) is 41.1 Å². The zero-order chi connectivity index (χ0) is 13.2. The third-order valence-electron chi connectivity index (χ3n) is 2.82. The first-order valence-corrected chi connectivity index (χ1v) is 6.61. The van der Waals surface area contributed by atoms with Gasteiger partial charge in [0.05, 0.1) is 11.2 Å². The molecule has 3 N–H and O–H groups in total. The molecule has 19 heavy (non-hydrogen) atoms. The number of nitrogen functional groups attached to an aromatic ring is 1. The lowest BCUT2D eigenvalue weighted by molar-refractivity contribution is 1.37. The molecule has 3 aromatic rings. The topological polar surface area (TPSA) is 74.7 Å². The Kier molecular flexibility index (Phi) is 2.78. The second kappa shape index (κ2) is 4.59. The van der Waals surface area contributed by atoms with Gasteiger partial charge in [-0.2, -0.15) is 16.6 Å². The van der Waals surface area contributed by atoms with Gasteiger partial charge in [0.15, 0.2) is 0 Å². The molecule has 2 heterocycles. The fourth-order valence-electron chi connectivity index (χ4n) is 1.95. The lowest BCUT2D eigenvalue weighted by Crippen LogP contribution is -2.01. The lowest BCUT2D eigenvalue weighted by atomic mass is 10.1. The van der Waals surface area contributed by atoms with Crippen LogP contribution >= 0.6 is 11.3 Å². The molecule has 0 amide bonds. The Bertz CT molecular complexity index is 772. The number of anilines is 3. The molecule has 3 rings (SSSR count). The second-order valence-corrected chi connectivity index (χ2v) is 4.79. The zero-order valence-electron chi connectivity index (χ0n) is 9.92. The van der Waals surface area contributed by atoms with Crippen molar-refractivity contribution in [2.45, 2.75) is 0 Å². The highest BCUT2D eigenvalue weighted by atomic mass is 32.1. The van der Waals surface area contributed by atoms with Gasteiger partial charge in [0, 0.05) is 16.5 Å². The number of pyridine rings is 1. The summed E-state index contributed by atoms with van der Waals surface area (Å²) in [4.78, 5) is 4.25. The van der Waals surface area contributed by atoms with E-state index in [0.717, 1.165) is 16.6 Å². The highest BCUT2D eigenvalue weighted by Gasteiger charge is 2.13. The van der Waals surface area contributed by atoms with E-state index in [1.54, 1.807) is 11.3 Å². The van der Waals surface area contributed by atoms with Crippen LogP contribution in [-0.2, 0) is 0 Å². The van der Waals surface area contributed by atoms with Crippen LogP contribution in [0.1, 0.15) is 5.56 Å². The molecule has 0 radical (unpaired) electrons. The summed E-state index contributed by atoms with van der Waals surface area (Å²) in [6, 6.07) is 11.7. The van der Waals surface area contributed by atoms with Gasteiger partial charge in [-0.1, -0.05) is 18.2 Å². The Morgan fingerprint density at radius 2 is 2.11 bits per heavy atom. The van der Waals surface area contributed by atoms with Gasteiger partial charge >= 0.3 is 0 Å². The molecular formula is C14H10N4S. The minimum absolute atomic E-state index is 0.249. The molecule has 0 bridgehead atoms. The van der Waals surface area contributed by atoms with Gasteiger partial charge in [0.2, 0.25) is 0 Å². The molecule has 1 aromatic carbocycles. The van der Waals surface area contributed by atoms with Crippen LogP contribution in [0.5, 0.6) is 0 Å². The first-order valence-electron chi connectivity index (χ1n) is 5.67. The Morgan fingerprint density at radius 3 is 2.84 bits per heavy atom. The summed E-state index contributed by atoms with van der Waals surface area (Å²) >= 11 is 1.59. The Morgan fingerprint density at radius 1 is 1.26 bits per heavy atom. The predicted octanol–water partition coefficient (Wildman–Crippen LogP) is 3.49. The van der Waals surface area contributed by atoms with Crippen molar-refractivity contribution in [1.29, 1.82) is 5.26 Å². The molecule has 0 aliphatic rings. The van der Waals surface area contributed by atoms with Crippen LogP contribution in [0, 0.1) is 11.3 Å². The van der Waals surface area contributed by atoms with Crippen LogP contribution in [-0.4, -0.2) is 4.98 Å². The molecule has 0 aliphatic heterocycles. The van der Waals surface area contributed by atoms with E-state index in [9.17, 15) is 5.26 Å². The van der Waals surface area contributed by atoms with Crippen molar-refractivity contribution in [2.24, 2.45) is 0 Å². The van der Waals surface area contributed by atoms with Gasteiger partial charge < -0.3 is 11.1 Å². The highest BCUT2D eigenvalue weighted by Crippen LogP contribution is 2.32. The standard InChI is InChI=1S/C14H10N4S/c15-7-11-13(17-9-5-6-19-8-9)10-3-1-2-4-12(10)18-14(11)16/h1-6,8H,(H3,16,17,18). The van der Waals surface area contributed by atoms with Crippen molar-refractivity contribution in [1.82, 2.24) is 4.98 Å². The van der Waals surface area contributed by atoms with Crippen LogP contribution in [0.3, 0.4) is 0 Å². The van der Waals surface area contributed by atoms with Gasteiger partial charge in [0.1, 0.15) is 17.5 Å². The number of aromatic nitrogens is 1. The third-order valence-corrected chi connectivity index (χ3v) is 3.51. The molecule has 92 valence electrons. The van der Waals surface area contributed by atoms with E-state index in [1.807, 2.05) is 41.1 Å². The smallest absolute Gasteiger partial charge is 0.144 e. The van der Waals surface area contributed by atoms with Gasteiger partial charge in [0.25, 0.3) is 0 Å². The number of nitrogens with zero attached hydrogens (tertiary/aromatic N) is 2. The molecule has 2 aromatic heterocycles. The number of nitrogens with two attached hydrogens (primary N) is 1. The number of thiophene rings is 1. The quantitative estimate of drug-likeness (QED) is 0.744. The maximum absolute atomic E-state index is 9.28. The summed E-state index contributed by atoms with van der Waals surface area (Å²) in [6.45, 7) is 0. The predicted molar refractivity (Wildman–Crippen MR) is 78.5 cm³/mol. The average Bonchev–Trinajstić information content (AvgIpc) is 2.92. The molecule has 0 fully saturated rings. The van der Waals surface area contributed by atoms with E-state index in [4.69, 9.17) is 5.73 Å². The normalized spacial score (nSPS) is 10.3. The number of para-hydroxylation sites is 1. The highest BCUT2D eigenvalue weighted by molar-refractivity contribution is 7.08.